The van der Waals surface area contributed by atoms with E-state index in [9.17, 15) is 0 Å². The highest BCUT2D eigenvalue weighted by molar-refractivity contribution is 5.55. The molecule has 2 aromatic heterocycles. The monoisotopic (exact) mass is 346 g/mol. The average molecular weight is 346 g/mol. The summed E-state index contributed by atoms with van der Waals surface area (Å²) >= 11 is 0. The fraction of sp³-hybridized carbons (Fsp3) is 0.500. The fourth-order valence-corrected chi connectivity index (χ4v) is 2.28. The van der Waals surface area contributed by atoms with Crippen LogP contribution in [0.2, 0.25) is 0 Å². The predicted molar refractivity (Wildman–Crippen MR) is 103 cm³/mol. The number of piperazine rings is 1. The third-order valence-electron chi connectivity index (χ3n) is 3.30. The first-order chi connectivity index (χ1) is 12.3. The van der Waals surface area contributed by atoms with Gasteiger partial charge >= 0.3 is 0 Å². The molecule has 7 nitrogen and oxygen atoms in total. The number of nitrogen functional groups attached to an aromatic ring is 1. The van der Waals surface area contributed by atoms with Crippen LogP contribution in [0.4, 0.5) is 11.6 Å². The van der Waals surface area contributed by atoms with Crippen LogP contribution in [0.25, 0.3) is 0 Å². The largest absolute Gasteiger partial charge is 0.470 e. The molecule has 0 amide bonds. The van der Waals surface area contributed by atoms with Gasteiger partial charge in [0, 0.05) is 38.6 Å². The Labute approximate surface area is 150 Å². The van der Waals surface area contributed by atoms with Crippen molar-refractivity contribution in [3.8, 4) is 5.88 Å². The van der Waals surface area contributed by atoms with Crippen LogP contribution < -0.4 is 20.7 Å². The van der Waals surface area contributed by atoms with Crippen LogP contribution in [0.15, 0.2) is 30.6 Å². The molecule has 3 heterocycles. The molecule has 1 saturated heterocycles. The molecule has 25 heavy (non-hydrogen) atoms. The molecule has 1 aliphatic rings. The quantitative estimate of drug-likeness (QED) is 0.879. The maximum Gasteiger partial charge on any atom is 0.237 e. The van der Waals surface area contributed by atoms with Crippen LogP contribution in [0, 0.1) is 0 Å². The van der Waals surface area contributed by atoms with Gasteiger partial charge in [-0.1, -0.05) is 27.7 Å². The highest BCUT2D eigenvalue weighted by atomic mass is 16.5. The summed E-state index contributed by atoms with van der Waals surface area (Å²) in [6.07, 6.45) is 3.35. The van der Waals surface area contributed by atoms with Crippen molar-refractivity contribution in [2.45, 2.75) is 34.3 Å². The first-order valence-electron chi connectivity index (χ1n) is 8.94. The number of pyridine rings is 1. The van der Waals surface area contributed by atoms with Gasteiger partial charge in [0.15, 0.2) is 0 Å². The molecule has 0 bridgehead atoms. The Kier molecular flexibility index (Phi) is 9.92. The van der Waals surface area contributed by atoms with E-state index in [-0.39, 0.29) is 5.95 Å². The van der Waals surface area contributed by atoms with Gasteiger partial charge < -0.3 is 20.7 Å². The first kappa shape index (κ1) is 20.6. The zero-order chi connectivity index (χ0) is 18.5. The number of nitrogens with one attached hydrogen (secondary N) is 1. The number of nitrogens with zero attached hydrogens (tertiary/aromatic N) is 4. The van der Waals surface area contributed by atoms with Crippen LogP contribution in [0.5, 0.6) is 5.88 Å². The van der Waals surface area contributed by atoms with E-state index < -0.39 is 0 Å². The van der Waals surface area contributed by atoms with Crippen molar-refractivity contribution in [2.24, 2.45) is 0 Å². The van der Waals surface area contributed by atoms with Gasteiger partial charge in [-0.25, -0.2) is 15.0 Å². The molecule has 0 unspecified atom stereocenters. The standard InChI is InChI=1S/C14H18N6O.2C2H6/c15-14-18-5-3-11(19-14)10-21-13-12(2-1-4-17-13)20-8-6-16-7-9-20;2*1-2/h1-5,16H,6-10H2,(H2,15,18,19);2*1-2H3. The van der Waals surface area contributed by atoms with Crippen LogP contribution in [-0.2, 0) is 6.61 Å². The Morgan fingerprint density at radius 3 is 2.48 bits per heavy atom. The third-order valence-corrected chi connectivity index (χ3v) is 3.30. The molecule has 3 rings (SSSR count). The summed E-state index contributed by atoms with van der Waals surface area (Å²) in [6, 6.07) is 5.73. The summed E-state index contributed by atoms with van der Waals surface area (Å²) in [5.74, 6) is 0.871. The molecule has 7 heteroatoms. The smallest absolute Gasteiger partial charge is 0.237 e. The summed E-state index contributed by atoms with van der Waals surface area (Å²) in [5.41, 5.74) is 7.32. The lowest BCUT2D eigenvalue weighted by molar-refractivity contribution is 0.289. The number of anilines is 2. The minimum Gasteiger partial charge on any atom is -0.470 e. The van der Waals surface area contributed by atoms with E-state index in [0.717, 1.165) is 37.6 Å². The minimum absolute atomic E-state index is 0.249. The van der Waals surface area contributed by atoms with Crippen LogP contribution in [0.1, 0.15) is 33.4 Å². The normalized spacial score (nSPS) is 13.0. The van der Waals surface area contributed by atoms with Crippen LogP contribution in [0.3, 0.4) is 0 Å². The molecular weight excluding hydrogens is 316 g/mol. The van der Waals surface area contributed by atoms with Crippen molar-refractivity contribution in [1.29, 1.82) is 0 Å². The van der Waals surface area contributed by atoms with Crippen molar-refractivity contribution in [2.75, 3.05) is 36.8 Å². The lowest BCUT2D eigenvalue weighted by Gasteiger charge is -2.30. The Morgan fingerprint density at radius 2 is 1.80 bits per heavy atom. The summed E-state index contributed by atoms with van der Waals surface area (Å²) in [7, 11) is 0. The Hall–Kier alpha value is -2.41. The molecule has 1 aliphatic heterocycles. The second-order valence-electron chi connectivity index (χ2n) is 4.76. The fourth-order valence-electron chi connectivity index (χ4n) is 2.28. The van der Waals surface area contributed by atoms with E-state index in [1.807, 2.05) is 39.8 Å². The van der Waals surface area contributed by atoms with Gasteiger partial charge in [-0.2, -0.15) is 0 Å². The molecule has 0 atom stereocenters. The minimum atomic E-state index is 0.249. The summed E-state index contributed by atoms with van der Waals surface area (Å²) < 4.78 is 5.81. The number of aromatic nitrogens is 3. The van der Waals surface area contributed by atoms with Gasteiger partial charge in [0.1, 0.15) is 6.61 Å². The number of hydrogen-bond donors (Lipinski definition) is 2. The van der Waals surface area contributed by atoms with E-state index >= 15 is 0 Å². The van der Waals surface area contributed by atoms with Crippen molar-refractivity contribution >= 4 is 11.6 Å². The molecule has 0 spiro atoms. The first-order valence-corrected chi connectivity index (χ1v) is 8.94. The SMILES string of the molecule is CC.CC.Nc1nccc(COc2ncccc2N2CCNCC2)n1. The number of ether oxygens (including phenoxy) is 1. The lowest BCUT2D eigenvalue weighted by atomic mass is 10.3. The number of nitrogens with two attached hydrogens (primary N) is 1. The highest BCUT2D eigenvalue weighted by Gasteiger charge is 2.15. The van der Waals surface area contributed by atoms with Crippen molar-refractivity contribution in [3.05, 3.63) is 36.3 Å². The zero-order valence-electron chi connectivity index (χ0n) is 15.7. The zero-order valence-corrected chi connectivity index (χ0v) is 15.7. The van der Waals surface area contributed by atoms with Gasteiger partial charge in [0.05, 0.1) is 11.4 Å². The topological polar surface area (TPSA) is 89.2 Å². The molecule has 3 N–H and O–H groups in total. The second-order valence-corrected chi connectivity index (χ2v) is 4.76. The summed E-state index contributed by atoms with van der Waals surface area (Å²) in [6.45, 7) is 12.2. The lowest BCUT2D eigenvalue weighted by Crippen LogP contribution is -2.43. The summed E-state index contributed by atoms with van der Waals surface area (Å²) in [5, 5.41) is 3.33. The van der Waals surface area contributed by atoms with Gasteiger partial charge in [0.2, 0.25) is 11.8 Å². The maximum atomic E-state index is 5.81. The van der Waals surface area contributed by atoms with Gasteiger partial charge in [-0.05, 0) is 18.2 Å². The average Bonchev–Trinajstić information content (AvgIpc) is 2.70. The Morgan fingerprint density at radius 1 is 1.08 bits per heavy atom. The second kappa shape index (κ2) is 12.0. The Bertz CT molecular complexity index is 602. The van der Waals surface area contributed by atoms with E-state index in [1.165, 1.54) is 0 Å². The molecule has 0 radical (unpaired) electrons. The van der Waals surface area contributed by atoms with Crippen LogP contribution >= 0.6 is 0 Å². The molecular formula is C18H30N6O. The van der Waals surface area contributed by atoms with Crippen molar-refractivity contribution < 1.29 is 4.74 Å². The molecule has 1 fully saturated rings. The Balaban J connectivity index is 0.000000730. The van der Waals surface area contributed by atoms with E-state index in [1.54, 1.807) is 18.5 Å². The van der Waals surface area contributed by atoms with Crippen LogP contribution in [-0.4, -0.2) is 41.1 Å². The molecule has 0 aromatic carbocycles. The third kappa shape index (κ3) is 6.54. The molecule has 0 saturated carbocycles. The van der Waals surface area contributed by atoms with E-state index in [0.29, 0.717) is 12.5 Å². The molecule has 2 aromatic rings. The molecule has 0 aliphatic carbocycles. The van der Waals surface area contributed by atoms with Gasteiger partial charge in [-0.3, -0.25) is 0 Å². The number of rotatable bonds is 4. The van der Waals surface area contributed by atoms with Crippen molar-refractivity contribution in [1.82, 2.24) is 20.3 Å². The molecule has 138 valence electrons. The van der Waals surface area contributed by atoms with Gasteiger partial charge in [-0.15, -0.1) is 0 Å². The van der Waals surface area contributed by atoms with E-state index in [2.05, 4.69) is 25.2 Å². The number of hydrogen-bond acceptors (Lipinski definition) is 7. The van der Waals surface area contributed by atoms with E-state index in [4.69, 9.17) is 10.5 Å². The predicted octanol–water partition coefficient (Wildman–Crippen LogP) is 2.49. The highest BCUT2D eigenvalue weighted by Crippen LogP contribution is 2.26. The van der Waals surface area contributed by atoms with Gasteiger partial charge in [0.25, 0.3) is 0 Å². The summed E-state index contributed by atoms with van der Waals surface area (Å²) in [4.78, 5) is 14.6. The van der Waals surface area contributed by atoms with Crippen molar-refractivity contribution in [3.63, 3.8) is 0 Å². The maximum absolute atomic E-state index is 5.81.